The number of anilines is 2. The van der Waals surface area contributed by atoms with Gasteiger partial charge in [-0.25, -0.2) is 0 Å². The third-order valence-electron chi connectivity index (χ3n) is 3.71. The van der Waals surface area contributed by atoms with Gasteiger partial charge >= 0.3 is 5.69 Å². The SMILES string of the molecule is O=[N+]([O-])c1c(NCCCNc2ccccc2)ccc2ncccc12. The second-order valence-corrected chi connectivity index (χ2v) is 5.36. The minimum atomic E-state index is -0.353. The molecular weight excluding hydrogens is 304 g/mol. The summed E-state index contributed by atoms with van der Waals surface area (Å²) in [4.78, 5) is 15.2. The summed E-state index contributed by atoms with van der Waals surface area (Å²) in [6.07, 6.45) is 2.48. The van der Waals surface area contributed by atoms with Crippen molar-refractivity contribution in [2.45, 2.75) is 6.42 Å². The second-order valence-electron chi connectivity index (χ2n) is 5.36. The number of fused-ring (bicyclic) bond motifs is 1. The van der Waals surface area contributed by atoms with Crippen LogP contribution in [0.4, 0.5) is 17.1 Å². The second kappa shape index (κ2) is 7.41. The van der Waals surface area contributed by atoms with Crippen LogP contribution in [0.3, 0.4) is 0 Å². The Balaban J connectivity index is 1.63. The summed E-state index contributed by atoms with van der Waals surface area (Å²) in [6.45, 7) is 1.44. The number of para-hydroxylation sites is 1. The Morgan fingerprint density at radius 1 is 0.958 bits per heavy atom. The Morgan fingerprint density at radius 3 is 2.54 bits per heavy atom. The van der Waals surface area contributed by atoms with Crippen LogP contribution in [-0.2, 0) is 0 Å². The molecule has 0 radical (unpaired) electrons. The number of nitro groups is 1. The maximum absolute atomic E-state index is 11.4. The molecular formula is C18H18N4O2. The van der Waals surface area contributed by atoms with E-state index in [-0.39, 0.29) is 10.6 Å². The molecule has 0 aliphatic heterocycles. The first-order chi connectivity index (χ1) is 11.8. The summed E-state index contributed by atoms with van der Waals surface area (Å²) in [5.41, 5.74) is 2.30. The number of nitrogens with zero attached hydrogens (tertiary/aromatic N) is 2. The molecule has 0 saturated carbocycles. The van der Waals surface area contributed by atoms with E-state index in [1.807, 2.05) is 30.3 Å². The van der Waals surface area contributed by atoms with Gasteiger partial charge in [-0.1, -0.05) is 18.2 Å². The van der Waals surface area contributed by atoms with E-state index < -0.39 is 0 Å². The molecule has 0 unspecified atom stereocenters. The maximum atomic E-state index is 11.4. The zero-order chi connectivity index (χ0) is 16.8. The minimum Gasteiger partial charge on any atom is -0.385 e. The lowest BCUT2D eigenvalue weighted by atomic mass is 10.1. The Hall–Kier alpha value is -3.15. The van der Waals surface area contributed by atoms with Gasteiger partial charge in [0.1, 0.15) is 5.69 Å². The zero-order valence-corrected chi connectivity index (χ0v) is 13.1. The fourth-order valence-corrected chi connectivity index (χ4v) is 2.58. The summed E-state index contributed by atoms with van der Waals surface area (Å²) in [7, 11) is 0. The quantitative estimate of drug-likeness (QED) is 0.389. The predicted molar refractivity (Wildman–Crippen MR) is 96.4 cm³/mol. The highest BCUT2D eigenvalue weighted by molar-refractivity contribution is 5.94. The molecule has 1 heterocycles. The number of nitro benzene ring substituents is 1. The summed E-state index contributed by atoms with van der Waals surface area (Å²) in [5.74, 6) is 0. The van der Waals surface area contributed by atoms with Gasteiger partial charge in [0.05, 0.1) is 15.8 Å². The molecule has 3 rings (SSSR count). The standard InChI is InChI=1S/C18H18N4O2/c23-22(24)18-15-8-4-11-20-16(15)9-10-17(18)21-13-5-12-19-14-6-2-1-3-7-14/h1-4,6-11,19,21H,5,12-13H2. The normalized spacial score (nSPS) is 10.5. The lowest BCUT2D eigenvalue weighted by Gasteiger charge is -2.10. The number of rotatable bonds is 7. The van der Waals surface area contributed by atoms with Crippen molar-refractivity contribution in [2.75, 3.05) is 23.7 Å². The Morgan fingerprint density at radius 2 is 1.75 bits per heavy atom. The fraction of sp³-hybridized carbons (Fsp3) is 0.167. The van der Waals surface area contributed by atoms with E-state index in [0.29, 0.717) is 23.1 Å². The van der Waals surface area contributed by atoms with Crippen LogP contribution in [0.1, 0.15) is 6.42 Å². The summed E-state index contributed by atoms with van der Waals surface area (Å²) < 4.78 is 0. The van der Waals surface area contributed by atoms with Crippen LogP contribution in [0, 0.1) is 10.1 Å². The lowest BCUT2D eigenvalue weighted by Crippen LogP contribution is -2.10. The van der Waals surface area contributed by atoms with Crippen LogP contribution in [0.5, 0.6) is 0 Å². The number of nitrogens with one attached hydrogen (secondary N) is 2. The van der Waals surface area contributed by atoms with E-state index in [2.05, 4.69) is 15.6 Å². The average Bonchev–Trinajstić information content (AvgIpc) is 2.61. The third kappa shape index (κ3) is 3.60. The number of benzene rings is 2. The molecule has 6 heteroatoms. The highest BCUT2D eigenvalue weighted by atomic mass is 16.6. The minimum absolute atomic E-state index is 0.0802. The van der Waals surface area contributed by atoms with Crippen LogP contribution in [-0.4, -0.2) is 23.0 Å². The smallest absolute Gasteiger partial charge is 0.301 e. The molecule has 0 aliphatic rings. The third-order valence-corrected chi connectivity index (χ3v) is 3.71. The molecule has 0 atom stereocenters. The van der Waals surface area contributed by atoms with Crippen molar-refractivity contribution in [3.63, 3.8) is 0 Å². The summed E-state index contributed by atoms with van der Waals surface area (Å²) in [6, 6.07) is 16.9. The van der Waals surface area contributed by atoms with Crippen molar-refractivity contribution >= 4 is 28.0 Å². The first-order valence-electron chi connectivity index (χ1n) is 7.80. The van der Waals surface area contributed by atoms with Crippen molar-refractivity contribution in [3.8, 4) is 0 Å². The van der Waals surface area contributed by atoms with Gasteiger partial charge in [-0.15, -0.1) is 0 Å². The monoisotopic (exact) mass is 322 g/mol. The first-order valence-corrected chi connectivity index (χ1v) is 7.80. The molecule has 0 aliphatic carbocycles. The van der Waals surface area contributed by atoms with Crippen LogP contribution in [0.25, 0.3) is 10.9 Å². The molecule has 0 spiro atoms. The number of aromatic nitrogens is 1. The zero-order valence-electron chi connectivity index (χ0n) is 13.1. The molecule has 0 bridgehead atoms. The van der Waals surface area contributed by atoms with E-state index in [0.717, 1.165) is 18.7 Å². The van der Waals surface area contributed by atoms with Gasteiger partial charge < -0.3 is 10.6 Å². The Labute approximate surface area is 139 Å². The van der Waals surface area contributed by atoms with Crippen LogP contribution >= 0.6 is 0 Å². The number of hydrogen-bond acceptors (Lipinski definition) is 5. The first kappa shape index (κ1) is 15.7. The highest BCUT2D eigenvalue weighted by Gasteiger charge is 2.18. The van der Waals surface area contributed by atoms with Gasteiger partial charge in [0.15, 0.2) is 0 Å². The van der Waals surface area contributed by atoms with Gasteiger partial charge in [-0.3, -0.25) is 15.1 Å². The maximum Gasteiger partial charge on any atom is 0.301 e. The van der Waals surface area contributed by atoms with Crippen LogP contribution in [0.15, 0.2) is 60.8 Å². The van der Waals surface area contributed by atoms with E-state index in [1.54, 1.807) is 30.5 Å². The molecule has 2 aromatic carbocycles. The van der Waals surface area contributed by atoms with Crippen LogP contribution in [0.2, 0.25) is 0 Å². The van der Waals surface area contributed by atoms with E-state index in [9.17, 15) is 10.1 Å². The molecule has 2 N–H and O–H groups in total. The fourth-order valence-electron chi connectivity index (χ4n) is 2.58. The lowest BCUT2D eigenvalue weighted by molar-refractivity contribution is -0.382. The Bertz CT molecular complexity index is 837. The van der Waals surface area contributed by atoms with E-state index in [4.69, 9.17) is 0 Å². The Kier molecular flexibility index (Phi) is 4.86. The van der Waals surface area contributed by atoms with Crippen molar-refractivity contribution in [3.05, 3.63) is 70.9 Å². The van der Waals surface area contributed by atoms with Gasteiger partial charge in [-0.05, 0) is 42.8 Å². The molecule has 0 fully saturated rings. The van der Waals surface area contributed by atoms with E-state index >= 15 is 0 Å². The van der Waals surface area contributed by atoms with Crippen molar-refractivity contribution in [1.82, 2.24) is 4.98 Å². The highest BCUT2D eigenvalue weighted by Crippen LogP contribution is 2.32. The largest absolute Gasteiger partial charge is 0.385 e. The predicted octanol–water partition coefficient (Wildman–Crippen LogP) is 4.06. The summed E-state index contributed by atoms with van der Waals surface area (Å²) in [5, 5.41) is 18.5. The van der Waals surface area contributed by atoms with E-state index in [1.165, 1.54) is 0 Å². The summed E-state index contributed by atoms with van der Waals surface area (Å²) >= 11 is 0. The van der Waals surface area contributed by atoms with Crippen molar-refractivity contribution in [1.29, 1.82) is 0 Å². The van der Waals surface area contributed by atoms with Gasteiger partial charge in [-0.2, -0.15) is 0 Å². The molecule has 3 aromatic rings. The molecule has 24 heavy (non-hydrogen) atoms. The molecule has 0 saturated heterocycles. The van der Waals surface area contributed by atoms with Gasteiger partial charge in [0.25, 0.3) is 0 Å². The average molecular weight is 322 g/mol. The van der Waals surface area contributed by atoms with Gasteiger partial charge in [0, 0.05) is 25.0 Å². The number of pyridine rings is 1. The molecule has 122 valence electrons. The van der Waals surface area contributed by atoms with Crippen LogP contribution < -0.4 is 10.6 Å². The molecule has 1 aromatic heterocycles. The van der Waals surface area contributed by atoms with Crippen molar-refractivity contribution in [2.24, 2.45) is 0 Å². The topological polar surface area (TPSA) is 80.1 Å². The van der Waals surface area contributed by atoms with Gasteiger partial charge in [0.2, 0.25) is 0 Å². The van der Waals surface area contributed by atoms with Crippen molar-refractivity contribution < 1.29 is 4.92 Å². The number of hydrogen-bond donors (Lipinski definition) is 2. The molecule has 6 nitrogen and oxygen atoms in total. The molecule has 0 amide bonds.